The van der Waals surface area contributed by atoms with Crippen LogP contribution in [0.25, 0.3) is 0 Å². The van der Waals surface area contributed by atoms with Crippen molar-refractivity contribution in [3.05, 3.63) is 71.5 Å². The fourth-order valence-corrected chi connectivity index (χ4v) is 2.72. The van der Waals surface area contributed by atoms with E-state index in [4.69, 9.17) is 12.2 Å². The van der Waals surface area contributed by atoms with Crippen molar-refractivity contribution in [3.8, 4) is 0 Å². The molecule has 0 saturated heterocycles. The van der Waals surface area contributed by atoms with Gasteiger partial charge in [-0.2, -0.15) is 0 Å². The third kappa shape index (κ3) is 4.64. The maximum absolute atomic E-state index is 5.37. The zero-order valence-electron chi connectivity index (χ0n) is 14.4. The van der Waals surface area contributed by atoms with Gasteiger partial charge in [0.05, 0.1) is 6.54 Å². The average Bonchev–Trinajstić information content (AvgIpc) is 3.04. The zero-order valence-corrected chi connectivity index (χ0v) is 15.2. The molecule has 2 N–H and O–H groups in total. The number of aryl methyl sites for hydroxylation is 2. The van der Waals surface area contributed by atoms with Crippen molar-refractivity contribution in [2.24, 2.45) is 0 Å². The van der Waals surface area contributed by atoms with Crippen LogP contribution in [0.2, 0.25) is 0 Å². The smallest absolute Gasteiger partial charge is 0.248 e. The fourth-order valence-electron chi connectivity index (χ4n) is 2.51. The van der Waals surface area contributed by atoms with E-state index in [0.717, 1.165) is 12.1 Å². The third-order valence-corrected chi connectivity index (χ3v) is 4.08. The van der Waals surface area contributed by atoms with Gasteiger partial charge >= 0.3 is 0 Å². The summed E-state index contributed by atoms with van der Waals surface area (Å²) < 4.78 is 1.79. The van der Waals surface area contributed by atoms with Gasteiger partial charge in [0.15, 0.2) is 5.11 Å². The van der Waals surface area contributed by atoms with E-state index in [-0.39, 0.29) is 0 Å². The highest BCUT2D eigenvalue weighted by Crippen LogP contribution is 2.15. The van der Waals surface area contributed by atoms with Crippen molar-refractivity contribution in [1.29, 1.82) is 0 Å². The monoisotopic (exact) mass is 351 g/mol. The van der Waals surface area contributed by atoms with Crippen LogP contribution in [0.3, 0.4) is 0 Å². The van der Waals surface area contributed by atoms with Gasteiger partial charge in [0.1, 0.15) is 6.33 Å². The Balaban J connectivity index is 1.61. The van der Waals surface area contributed by atoms with E-state index >= 15 is 0 Å². The van der Waals surface area contributed by atoms with Gasteiger partial charge in [-0.05, 0) is 42.8 Å². The lowest BCUT2D eigenvalue weighted by Gasteiger charge is -2.11. The molecule has 0 aliphatic carbocycles. The van der Waals surface area contributed by atoms with E-state index in [2.05, 4.69) is 64.9 Å². The first-order chi connectivity index (χ1) is 12.1. The lowest BCUT2D eigenvalue weighted by Crippen LogP contribution is -2.20. The first kappa shape index (κ1) is 17.1. The number of anilines is 2. The standard InChI is InChI=1S/C19H21N5S/c1-3-16-6-4-5-7-17(16)21-19(25)22-18-20-13-24(23-18)12-15-10-8-14(2)9-11-15/h4-11,13H,3,12H2,1-2H3,(H2,21,22,23,25). The second kappa shape index (κ2) is 7.90. The van der Waals surface area contributed by atoms with Gasteiger partial charge in [0.2, 0.25) is 5.95 Å². The number of benzene rings is 2. The van der Waals surface area contributed by atoms with Crippen LogP contribution in [0.15, 0.2) is 54.9 Å². The first-order valence-corrected chi connectivity index (χ1v) is 8.66. The summed E-state index contributed by atoms with van der Waals surface area (Å²) in [5.41, 5.74) is 4.64. The first-order valence-electron chi connectivity index (χ1n) is 8.25. The van der Waals surface area contributed by atoms with Crippen molar-refractivity contribution >= 4 is 29.0 Å². The Morgan fingerprint density at radius 3 is 2.60 bits per heavy atom. The van der Waals surface area contributed by atoms with Crippen LogP contribution in [0.4, 0.5) is 11.6 Å². The summed E-state index contributed by atoms with van der Waals surface area (Å²) in [6, 6.07) is 16.5. The lowest BCUT2D eigenvalue weighted by atomic mass is 10.1. The molecule has 6 heteroatoms. The van der Waals surface area contributed by atoms with E-state index < -0.39 is 0 Å². The van der Waals surface area contributed by atoms with E-state index in [1.807, 2.05) is 18.2 Å². The number of para-hydroxylation sites is 1. The average molecular weight is 351 g/mol. The van der Waals surface area contributed by atoms with Gasteiger partial charge in [0, 0.05) is 5.69 Å². The van der Waals surface area contributed by atoms with Gasteiger partial charge in [-0.15, -0.1) is 5.10 Å². The molecule has 0 bridgehead atoms. The minimum atomic E-state index is 0.481. The Bertz CT molecular complexity index is 854. The maximum Gasteiger partial charge on any atom is 0.248 e. The van der Waals surface area contributed by atoms with E-state index in [1.165, 1.54) is 16.7 Å². The van der Waals surface area contributed by atoms with Gasteiger partial charge < -0.3 is 5.32 Å². The Morgan fingerprint density at radius 1 is 1.08 bits per heavy atom. The van der Waals surface area contributed by atoms with E-state index in [0.29, 0.717) is 17.6 Å². The maximum atomic E-state index is 5.37. The number of nitrogens with one attached hydrogen (secondary N) is 2. The third-order valence-electron chi connectivity index (χ3n) is 3.87. The number of hydrogen-bond donors (Lipinski definition) is 2. The summed E-state index contributed by atoms with van der Waals surface area (Å²) >= 11 is 5.37. The number of aromatic nitrogens is 3. The van der Waals surface area contributed by atoms with Crippen LogP contribution in [-0.4, -0.2) is 19.9 Å². The summed E-state index contributed by atoms with van der Waals surface area (Å²) in [7, 11) is 0. The second-order valence-corrected chi connectivity index (χ2v) is 6.25. The predicted molar refractivity (Wildman–Crippen MR) is 106 cm³/mol. The van der Waals surface area contributed by atoms with Gasteiger partial charge in [-0.25, -0.2) is 9.67 Å². The van der Waals surface area contributed by atoms with E-state index in [1.54, 1.807) is 11.0 Å². The van der Waals surface area contributed by atoms with Crippen LogP contribution < -0.4 is 10.6 Å². The Hall–Kier alpha value is -2.73. The zero-order chi connectivity index (χ0) is 17.6. The predicted octanol–water partition coefficient (Wildman–Crippen LogP) is 4.01. The molecular formula is C19H21N5S. The number of nitrogens with zero attached hydrogens (tertiary/aromatic N) is 3. The molecule has 5 nitrogen and oxygen atoms in total. The summed E-state index contributed by atoms with van der Waals surface area (Å²) in [6.45, 7) is 4.87. The Morgan fingerprint density at radius 2 is 1.84 bits per heavy atom. The highest BCUT2D eigenvalue weighted by molar-refractivity contribution is 7.80. The van der Waals surface area contributed by atoms with Gasteiger partial charge in [-0.3, -0.25) is 5.32 Å². The SMILES string of the molecule is CCc1ccccc1NC(=S)Nc1ncn(Cc2ccc(C)cc2)n1. The minimum absolute atomic E-state index is 0.481. The Kier molecular flexibility index (Phi) is 5.40. The molecule has 2 aromatic carbocycles. The fraction of sp³-hybridized carbons (Fsp3) is 0.211. The second-order valence-electron chi connectivity index (χ2n) is 5.84. The van der Waals surface area contributed by atoms with Crippen molar-refractivity contribution in [2.45, 2.75) is 26.8 Å². The van der Waals surface area contributed by atoms with Gasteiger partial charge in [-0.1, -0.05) is 55.0 Å². The number of hydrogen-bond acceptors (Lipinski definition) is 3. The molecule has 3 aromatic rings. The van der Waals surface area contributed by atoms with Crippen molar-refractivity contribution in [1.82, 2.24) is 14.8 Å². The quantitative estimate of drug-likeness (QED) is 0.680. The normalized spacial score (nSPS) is 10.5. The summed E-state index contributed by atoms with van der Waals surface area (Å²) in [5, 5.41) is 11.1. The van der Waals surface area contributed by atoms with Gasteiger partial charge in [0.25, 0.3) is 0 Å². The highest BCUT2D eigenvalue weighted by atomic mass is 32.1. The van der Waals surface area contributed by atoms with Crippen LogP contribution in [-0.2, 0) is 13.0 Å². The molecule has 0 amide bonds. The summed E-state index contributed by atoms with van der Waals surface area (Å²) in [5.74, 6) is 0.485. The van der Waals surface area contributed by atoms with Crippen LogP contribution in [0.5, 0.6) is 0 Å². The van der Waals surface area contributed by atoms with E-state index in [9.17, 15) is 0 Å². The summed E-state index contributed by atoms with van der Waals surface area (Å²) in [4.78, 5) is 4.27. The molecule has 0 aliphatic heterocycles. The highest BCUT2D eigenvalue weighted by Gasteiger charge is 2.06. The molecule has 0 atom stereocenters. The topological polar surface area (TPSA) is 54.8 Å². The molecular weight excluding hydrogens is 330 g/mol. The van der Waals surface area contributed by atoms with Crippen molar-refractivity contribution in [3.63, 3.8) is 0 Å². The van der Waals surface area contributed by atoms with Crippen LogP contribution in [0, 0.1) is 6.92 Å². The molecule has 128 valence electrons. The molecule has 0 unspecified atom stereocenters. The Labute approximate surface area is 153 Å². The number of thiocarbonyl (C=S) groups is 1. The minimum Gasteiger partial charge on any atom is -0.332 e. The summed E-state index contributed by atoms with van der Waals surface area (Å²) in [6.07, 6.45) is 2.64. The molecule has 0 radical (unpaired) electrons. The van der Waals surface area contributed by atoms with Crippen molar-refractivity contribution in [2.75, 3.05) is 10.6 Å². The molecule has 25 heavy (non-hydrogen) atoms. The molecule has 3 rings (SSSR count). The molecule has 1 heterocycles. The molecule has 1 aromatic heterocycles. The number of rotatable bonds is 5. The van der Waals surface area contributed by atoms with Crippen LogP contribution >= 0.6 is 12.2 Å². The largest absolute Gasteiger partial charge is 0.332 e. The lowest BCUT2D eigenvalue weighted by molar-refractivity contribution is 0.687. The molecule has 0 fully saturated rings. The molecule has 0 aliphatic rings. The van der Waals surface area contributed by atoms with Crippen LogP contribution in [0.1, 0.15) is 23.6 Å². The molecule has 0 spiro atoms. The van der Waals surface area contributed by atoms with Crippen molar-refractivity contribution < 1.29 is 0 Å². The molecule has 0 saturated carbocycles.